The summed E-state index contributed by atoms with van der Waals surface area (Å²) in [7, 11) is 0. The summed E-state index contributed by atoms with van der Waals surface area (Å²) in [6.07, 6.45) is 0. The first-order valence-corrected chi connectivity index (χ1v) is 14.5. The van der Waals surface area contributed by atoms with Crippen LogP contribution < -0.4 is 0 Å². The van der Waals surface area contributed by atoms with E-state index in [2.05, 4.69) is 12.1 Å². The van der Waals surface area contributed by atoms with E-state index in [9.17, 15) is 0 Å². The first-order valence-electron chi connectivity index (χ1n) is 18.0. The van der Waals surface area contributed by atoms with Gasteiger partial charge >= 0.3 is 0 Å². The molecular formula is C41H25N3O. The summed E-state index contributed by atoms with van der Waals surface area (Å²) in [4.78, 5) is 14.8. The van der Waals surface area contributed by atoms with Crippen LogP contribution in [0.15, 0.2) is 156 Å². The molecule has 0 N–H and O–H groups in total. The number of nitrogens with zero attached hydrogens (tertiary/aromatic N) is 3. The molecule has 4 heteroatoms. The Kier molecular flexibility index (Phi) is 4.38. The summed E-state index contributed by atoms with van der Waals surface area (Å²) in [5.74, 6) is 1.37. The van der Waals surface area contributed by atoms with Crippen molar-refractivity contribution in [1.82, 2.24) is 15.0 Å². The number of benzene rings is 7. The Bertz CT molecular complexity index is 2920. The molecule has 0 amide bonds. The second-order valence-electron chi connectivity index (χ2n) is 10.7. The van der Waals surface area contributed by atoms with Gasteiger partial charge < -0.3 is 4.42 Å². The summed E-state index contributed by atoms with van der Waals surface area (Å²) in [6.45, 7) is 0. The van der Waals surface area contributed by atoms with E-state index in [1.165, 1.54) is 0 Å². The monoisotopic (exact) mass is 582 g/mol. The van der Waals surface area contributed by atoms with Crippen LogP contribution in [0.25, 0.3) is 88.8 Å². The summed E-state index contributed by atoms with van der Waals surface area (Å²) in [5.41, 5.74) is 4.50. The Morgan fingerprint density at radius 3 is 1.98 bits per heavy atom. The van der Waals surface area contributed by atoms with Crippen molar-refractivity contribution in [3.8, 4) is 45.3 Å². The van der Waals surface area contributed by atoms with Crippen molar-refractivity contribution in [2.45, 2.75) is 0 Å². The minimum atomic E-state index is -0.488. The van der Waals surface area contributed by atoms with E-state index in [1.54, 1.807) is 24.3 Å². The van der Waals surface area contributed by atoms with Crippen molar-refractivity contribution >= 4 is 43.5 Å². The van der Waals surface area contributed by atoms with Crippen LogP contribution in [0.2, 0.25) is 0 Å². The van der Waals surface area contributed by atoms with Crippen LogP contribution in [0, 0.1) is 0 Å². The van der Waals surface area contributed by atoms with E-state index in [-0.39, 0.29) is 28.4 Å². The number of aromatic nitrogens is 3. The van der Waals surface area contributed by atoms with Gasteiger partial charge in [0.15, 0.2) is 17.5 Å². The molecule has 0 spiro atoms. The van der Waals surface area contributed by atoms with Crippen molar-refractivity contribution < 1.29 is 14.0 Å². The first kappa shape index (κ1) is 19.2. The zero-order chi connectivity index (χ0) is 35.8. The summed E-state index contributed by atoms with van der Waals surface area (Å²) >= 11 is 0. The average Bonchev–Trinajstić information content (AvgIpc) is 3.57. The smallest absolute Gasteiger partial charge is 0.164 e. The number of para-hydroxylation sites is 1. The lowest BCUT2D eigenvalue weighted by Gasteiger charge is -2.11. The van der Waals surface area contributed by atoms with Gasteiger partial charge in [-0.25, -0.2) is 15.0 Å². The zero-order valence-corrected chi connectivity index (χ0v) is 23.6. The maximum Gasteiger partial charge on any atom is 0.164 e. The van der Waals surface area contributed by atoms with Crippen molar-refractivity contribution in [2.75, 3.05) is 0 Å². The molecule has 7 aromatic carbocycles. The fourth-order valence-corrected chi connectivity index (χ4v) is 5.93. The van der Waals surface area contributed by atoms with E-state index >= 15 is 0 Å². The lowest BCUT2D eigenvalue weighted by atomic mass is 9.97. The zero-order valence-electron chi connectivity index (χ0n) is 30.6. The highest BCUT2D eigenvalue weighted by Gasteiger charge is 2.17. The van der Waals surface area contributed by atoms with Gasteiger partial charge in [0, 0.05) is 27.5 Å². The van der Waals surface area contributed by atoms with E-state index in [1.807, 2.05) is 72.8 Å². The number of hydrogen-bond acceptors (Lipinski definition) is 4. The third-order valence-corrected chi connectivity index (χ3v) is 8.05. The van der Waals surface area contributed by atoms with Gasteiger partial charge in [-0.3, -0.25) is 0 Å². The Labute approximate surface area is 269 Å². The summed E-state index contributed by atoms with van der Waals surface area (Å²) < 4.78 is 65.4. The number of hydrogen-bond donors (Lipinski definition) is 0. The summed E-state index contributed by atoms with van der Waals surface area (Å²) in [5, 5.41) is 3.96. The summed E-state index contributed by atoms with van der Waals surface area (Å²) in [6, 6.07) is 31.8. The van der Waals surface area contributed by atoms with Gasteiger partial charge in [-0.2, -0.15) is 0 Å². The number of rotatable bonds is 4. The predicted octanol–water partition coefficient (Wildman–Crippen LogP) is 10.7. The SMILES string of the molecule is [2H]c1c([2H])c([2H])c2c(-c3ccc(-c4nc(-c5ccccc5)nc(-c5cccc6c5ccc5oc7ccccc7c56)n4)cc3)c([2H])c([2H])c([2H])c2c1[2H]. The molecule has 0 saturated carbocycles. The number of furan rings is 1. The largest absolute Gasteiger partial charge is 0.456 e. The molecule has 0 aliphatic carbocycles. The van der Waals surface area contributed by atoms with Crippen molar-refractivity contribution in [3.63, 3.8) is 0 Å². The van der Waals surface area contributed by atoms with Crippen molar-refractivity contribution in [3.05, 3.63) is 151 Å². The molecule has 9 aromatic rings. The molecule has 0 unspecified atom stereocenters. The molecule has 0 atom stereocenters. The van der Waals surface area contributed by atoms with Gasteiger partial charge in [0.25, 0.3) is 0 Å². The maximum atomic E-state index is 8.76. The van der Waals surface area contributed by atoms with Crippen LogP contribution >= 0.6 is 0 Å². The quantitative estimate of drug-likeness (QED) is 0.207. The van der Waals surface area contributed by atoms with Crippen LogP contribution in [0.4, 0.5) is 0 Å². The topological polar surface area (TPSA) is 51.8 Å². The third kappa shape index (κ3) is 4.27. The fourth-order valence-electron chi connectivity index (χ4n) is 5.93. The third-order valence-electron chi connectivity index (χ3n) is 8.05. The molecule has 0 aliphatic rings. The van der Waals surface area contributed by atoms with Gasteiger partial charge in [-0.1, -0.05) is 133 Å². The second-order valence-corrected chi connectivity index (χ2v) is 10.7. The Morgan fingerprint density at radius 1 is 0.422 bits per heavy atom. The van der Waals surface area contributed by atoms with Crippen LogP contribution in [0.3, 0.4) is 0 Å². The minimum absolute atomic E-state index is 0.0361. The standard InChI is InChI=1S/C41H25N3O/c1-2-11-28(12-3-1)39-42-40(29-22-20-27(21-23-29)31-16-8-13-26-10-4-5-14-30(26)31)44-41(43-39)34-18-9-17-33-32(34)24-25-37-38(33)35-15-6-7-19-36(35)45-37/h1-25H/i4D,5D,8D,10D,13D,14D,16D. The van der Waals surface area contributed by atoms with Crippen LogP contribution in [0.1, 0.15) is 9.60 Å². The van der Waals surface area contributed by atoms with E-state index < -0.39 is 30.2 Å². The van der Waals surface area contributed by atoms with Crippen molar-refractivity contribution in [2.24, 2.45) is 0 Å². The highest BCUT2D eigenvalue weighted by Crippen LogP contribution is 2.38. The van der Waals surface area contributed by atoms with Gasteiger partial charge in [-0.15, -0.1) is 0 Å². The maximum absolute atomic E-state index is 8.76. The predicted molar refractivity (Wildman–Crippen MR) is 184 cm³/mol. The molecule has 9 rings (SSSR count). The van der Waals surface area contributed by atoms with E-state index in [0.29, 0.717) is 28.6 Å². The lowest BCUT2D eigenvalue weighted by Crippen LogP contribution is -2.00. The molecule has 210 valence electrons. The van der Waals surface area contributed by atoms with Crippen LogP contribution in [-0.2, 0) is 0 Å². The molecule has 0 radical (unpaired) electrons. The Morgan fingerprint density at radius 2 is 1.11 bits per heavy atom. The Balaban J connectivity index is 1.23. The van der Waals surface area contributed by atoms with E-state index in [4.69, 9.17) is 29.0 Å². The van der Waals surface area contributed by atoms with E-state index in [0.717, 1.165) is 43.8 Å². The molecule has 2 aromatic heterocycles. The Hall–Kier alpha value is -6.13. The molecule has 0 fully saturated rings. The molecular weight excluding hydrogens is 550 g/mol. The highest BCUT2D eigenvalue weighted by atomic mass is 16.3. The second kappa shape index (κ2) is 10.2. The number of fused-ring (bicyclic) bond motifs is 6. The molecule has 2 heterocycles. The van der Waals surface area contributed by atoms with Gasteiger partial charge in [-0.05, 0) is 50.9 Å². The molecule has 4 nitrogen and oxygen atoms in total. The van der Waals surface area contributed by atoms with Gasteiger partial charge in [0.2, 0.25) is 0 Å². The lowest BCUT2D eigenvalue weighted by molar-refractivity contribution is 0.669. The van der Waals surface area contributed by atoms with Crippen LogP contribution in [-0.4, -0.2) is 15.0 Å². The molecule has 0 saturated heterocycles. The van der Waals surface area contributed by atoms with Crippen molar-refractivity contribution in [1.29, 1.82) is 0 Å². The van der Waals surface area contributed by atoms with Gasteiger partial charge in [0.1, 0.15) is 11.2 Å². The average molecular weight is 583 g/mol. The molecule has 0 bridgehead atoms. The van der Waals surface area contributed by atoms with Gasteiger partial charge in [0.05, 0.1) is 9.60 Å². The van der Waals surface area contributed by atoms with Crippen LogP contribution in [0.5, 0.6) is 0 Å². The fraction of sp³-hybridized carbons (Fsp3) is 0. The minimum Gasteiger partial charge on any atom is -0.456 e. The molecule has 0 aliphatic heterocycles. The molecule has 45 heavy (non-hydrogen) atoms. The normalized spacial score (nSPS) is 13.7. The highest BCUT2D eigenvalue weighted by molar-refractivity contribution is 6.20. The first-order chi connectivity index (χ1) is 25.2.